The second-order valence-electron chi connectivity index (χ2n) is 5.79. The Morgan fingerprint density at radius 1 is 1.26 bits per heavy atom. The quantitative estimate of drug-likeness (QED) is 0.697. The molecule has 1 aliphatic carbocycles. The summed E-state index contributed by atoms with van der Waals surface area (Å²) in [4.78, 5) is 2.32. The van der Waals surface area contributed by atoms with Crippen molar-refractivity contribution in [3.8, 4) is 0 Å². The van der Waals surface area contributed by atoms with Gasteiger partial charge in [-0.3, -0.25) is 0 Å². The van der Waals surface area contributed by atoms with Crippen molar-refractivity contribution in [3.05, 3.63) is 0 Å². The molecule has 1 saturated carbocycles. The molecule has 6 nitrogen and oxygen atoms in total. The van der Waals surface area contributed by atoms with Gasteiger partial charge in [0, 0.05) is 32.2 Å². The third-order valence-electron chi connectivity index (χ3n) is 3.75. The maximum Gasteiger partial charge on any atom is 0.279 e. The van der Waals surface area contributed by atoms with Crippen LogP contribution in [0.3, 0.4) is 0 Å². The van der Waals surface area contributed by atoms with Gasteiger partial charge in [-0.15, -0.1) is 0 Å². The van der Waals surface area contributed by atoms with Crippen LogP contribution < -0.4 is 10.5 Å². The molecule has 3 N–H and O–H groups in total. The van der Waals surface area contributed by atoms with Crippen LogP contribution in [-0.4, -0.2) is 62.9 Å². The molecule has 0 aromatic heterocycles. The molecule has 1 unspecified atom stereocenters. The third-order valence-corrected chi connectivity index (χ3v) is 5.43. The van der Waals surface area contributed by atoms with Crippen molar-refractivity contribution in [2.45, 2.75) is 32.2 Å². The molecule has 1 heterocycles. The Bertz CT molecular complexity index is 383. The number of rotatable bonds is 6. The lowest BCUT2D eigenvalue weighted by Gasteiger charge is -2.23. The molecule has 0 radical (unpaired) electrons. The van der Waals surface area contributed by atoms with E-state index in [9.17, 15) is 8.42 Å². The monoisotopic (exact) mass is 290 g/mol. The van der Waals surface area contributed by atoms with Crippen molar-refractivity contribution >= 4 is 10.2 Å². The first-order valence-corrected chi connectivity index (χ1v) is 8.65. The fourth-order valence-corrected chi connectivity index (χ4v) is 3.87. The summed E-state index contributed by atoms with van der Waals surface area (Å²) in [5, 5.41) is 0. The van der Waals surface area contributed by atoms with E-state index >= 15 is 0 Å². The highest BCUT2D eigenvalue weighted by molar-refractivity contribution is 7.87. The van der Waals surface area contributed by atoms with E-state index in [1.165, 1.54) is 0 Å². The maximum absolute atomic E-state index is 12.2. The van der Waals surface area contributed by atoms with Gasteiger partial charge in [-0.1, -0.05) is 6.92 Å². The van der Waals surface area contributed by atoms with Crippen LogP contribution in [0.5, 0.6) is 0 Å². The molecular formula is C12H26N4O2S. The fraction of sp³-hybridized carbons (Fsp3) is 1.00. The Kier molecular flexibility index (Phi) is 5.19. The highest BCUT2D eigenvalue weighted by atomic mass is 32.2. The minimum atomic E-state index is -3.27. The summed E-state index contributed by atoms with van der Waals surface area (Å²) >= 11 is 0. The smallest absolute Gasteiger partial charge is 0.279 e. The third kappa shape index (κ3) is 4.68. The Morgan fingerprint density at radius 2 is 2.00 bits per heavy atom. The molecule has 1 saturated heterocycles. The second kappa shape index (κ2) is 6.49. The van der Waals surface area contributed by atoms with Crippen LogP contribution in [0.2, 0.25) is 0 Å². The number of hydrogen-bond acceptors (Lipinski definition) is 4. The van der Waals surface area contributed by atoms with Crippen LogP contribution in [0.25, 0.3) is 0 Å². The van der Waals surface area contributed by atoms with Crippen molar-refractivity contribution in [3.63, 3.8) is 0 Å². The second-order valence-corrected chi connectivity index (χ2v) is 7.49. The van der Waals surface area contributed by atoms with Gasteiger partial charge in [-0.05, 0) is 38.3 Å². The van der Waals surface area contributed by atoms with E-state index in [-0.39, 0.29) is 6.04 Å². The number of nitrogens with one attached hydrogen (secondary N) is 1. The van der Waals surface area contributed by atoms with Gasteiger partial charge in [0.15, 0.2) is 0 Å². The summed E-state index contributed by atoms with van der Waals surface area (Å²) in [7, 11) is -3.27. The molecular weight excluding hydrogens is 264 g/mol. The standard InChI is InChI=1S/C12H26N4O2S/c1-11(9-13)10-15-5-2-6-16(8-7-15)19(17,18)14-12-3-4-12/h11-12,14H,2-10,13H2,1H3. The van der Waals surface area contributed by atoms with E-state index in [0.717, 1.165) is 38.9 Å². The zero-order valence-electron chi connectivity index (χ0n) is 11.7. The Balaban J connectivity index is 1.85. The Morgan fingerprint density at radius 3 is 2.63 bits per heavy atom. The lowest BCUT2D eigenvalue weighted by atomic mass is 10.1. The van der Waals surface area contributed by atoms with Crippen LogP contribution >= 0.6 is 0 Å². The first-order chi connectivity index (χ1) is 9.01. The van der Waals surface area contributed by atoms with E-state index in [4.69, 9.17) is 5.73 Å². The Labute approximate surface area is 116 Å². The number of nitrogens with zero attached hydrogens (tertiary/aromatic N) is 2. The van der Waals surface area contributed by atoms with Crippen LogP contribution in [0.1, 0.15) is 26.2 Å². The molecule has 2 aliphatic rings. The SMILES string of the molecule is CC(CN)CN1CCCN(S(=O)(=O)NC2CC2)CC1. The minimum absolute atomic E-state index is 0.182. The van der Waals surface area contributed by atoms with Gasteiger partial charge in [0.05, 0.1) is 0 Å². The normalized spacial score (nSPS) is 25.2. The molecule has 0 spiro atoms. The maximum atomic E-state index is 12.2. The van der Waals surface area contributed by atoms with Gasteiger partial charge in [0.1, 0.15) is 0 Å². The molecule has 112 valence electrons. The summed E-state index contributed by atoms with van der Waals surface area (Å²) < 4.78 is 28.7. The highest BCUT2D eigenvalue weighted by Crippen LogP contribution is 2.21. The van der Waals surface area contributed by atoms with Crippen LogP contribution in [-0.2, 0) is 10.2 Å². The first-order valence-electron chi connectivity index (χ1n) is 7.21. The lowest BCUT2D eigenvalue weighted by molar-refractivity contribution is 0.250. The van der Waals surface area contributed by atoms with E-state index in [1.54, 1.807) is 4.31 Å². The Hall–Kier alpha value is -0.210. The van der Waals surface area contributed by atoms with Crippen molar-refractivity contribution in [1.29, 1.82) is 0 Å². The van der Waals surface area contributed by atoms with Crippen molar-refractivity contribution < 1.29 is 8.42 Å². The molecule has 0 aromatic rings. The molecule has 1 aliphatic heterocycles. The average molecular weight is 290 g/mol. The first kappa shape index (κ1) is 15.2. The van der Waals surface area contributed by atoms with E-state index < -0.39 is 10.2 Å². The van der Waals surface area contributed by atoms with Crippen LogP contribution in [0.15, 0.2) is 0 Å². The summed E-state index contributed by atoms with van der Waals surface area (Å²) in [6.07, 6.45) is 2.85. The van der Waals surface area contributed by atoms with Gasteiger partial charge in [-0.25, -0.2) is 0 Å². The zero-order valence-corrected chi connectivity index (χ0v) is 12.5. The van der Waals surface area contributed by atoms with Crippen LogP contribution in [0.4, 0.5) is 0 Å². The van der Waals surface area contributed by atoms with Gasteiger partial charge in [0.2, 0.25) is 0 Å². The number of nitrogens with two attached hydrogens (primary N) is 1. The van der Waals surface area contributed by atoms with Crippen LogP contribution in [0, 0.1) is 5.92 Å². The lowest BCUT2D eigenvalue weighted by Crippen LogP contribution is -2.43. The topological polar surface area (TPSA) is 78.7 Å². The summed E-state index contributed by atoms with van der Waals surface area (Å²) in [5.74, 6) is 0.466. The molecule has 0 bridgehead atoms. The van der Waals surface area contributed by atoms with Gasteiger partial charge in [0.25, 0.3) is 10.2 Å². The largest absolute Gasteiger partial charge is 0.330 e. The fourth-order valence-electron chi connectivity index (χ4n) is 2.37. The average Bonchev–Trinajstić information content (AvgIpc) is 3.16. The zero-order chi connectivity index (χ0) is 13.9. The minimum Gasteiger partial charge on any atom is -0.330 e. The molecule has 0 amide bonds. The van der Waals surface area contributed by atoms with E-state index in [2.05, 4.69) is 16.5 Å². The molecule has 19 heavy (non-hydrogen) atoms. The van der Waals surface area contributed by atoms with Gasteiger partial charge >= 0.3 is 0 Å². The van der Waals surface area contributed by atoms with Gasteiger partial charge < -0.3 is 10.6 Å². The molecule has 2 rings (SSSR count). The van der Waals surface area contributed by atoms with Crippen molar-refractivity contribution in [1.82, 2.24) is 13.9 Å². The summed E-state index contributed by atoms with van der Waals surface area (Å²) in [6.45, 7) is 6.74. The summed E-state index contributed by atoms with van der Waals surface area (Å²) in [5.41, 5.74) is 5.64. The molecule has 0 aromatic carbocycles. The molecule has 1 atom stereocenters. The number of hydrogen-bond donors (Lipinski definition) is 2. The van der Waals surface area contributed by atoms with Crippen molar-refractivity contribution in [2.24, 2.45) is 11.7 Å². The van der Waals surface area contributed by atoms with E-state index in [0.29, 0.717) is 25.6 Å². The van der Waals surface area contributed by atoms with E-state index in [1.807, 2.05) is 0 Å². The van der Waals surface area contributed by atoms with Gasteiger partial charge in [-0.2, -0.15) is 17.4 Å². The highest BCUT2D eigenvalue weighted by Gasteiger charge is 2.31. The van der Waals surface area contributed by atoms with Crippen molar-refractivity contribution in [2.75, 3.05) is 39.3 Å². The predicted molar refractivity (Wildman–Crippen MR) is 75.9 cm³/mol. The summed E-state index contributed by atoms with van der Waals surface area (Å²) in [6, 6.07) is 0.182. The molecule has 2 fully saturated rings. The predicted octanol–water partition coefficient (Wildman–Crippen LogP) is -0.414. The molecule has 7 heteroatoms.